The van der Waals surface area contributed by atoms with Crippen LogP contribution >= 0.6 is 0 Å². The van der Waals surface area contributed by atoms with Crippen molar-refractivity contribution in [2.24, 2.45) is 0 Å². The molecule has 2 aliphatic rings. The van der Waals surface area contributed by atoms with Gasteiger partial charge in [0.05, 0.1) is 26.4 Å². The molecule has 9 heteroatoms. The number of nitrogens with zero attached hydrogens (tertiary/aromatic N) is 4. The van der Waals surface area contributed by atoms with E-state index in [-0.39, 0.29) is 17.6 Å². The first kappa shape index (κ1) is 17.4. The van der Waals surface area contributed by atoms with Gasteiger partial charge in [0.1, 0.15) is 5.82 Å². The maximum Gasteiger partial charge on any atom is 0.356 e. The van der Waals surface area contributed by atoms with Gasteiger partial charge in [0.2, 0.25) is 11.9 Å². The molecule has 136 valence electrons. The van der Waals surface area contributed by atoms with Gasteiger partial charge in [0, 0.05) is 38.7 Å². The largest absolute Gasteiger partial charge is 0.464 e. The molecule has 1 N–H and O–H groups in total. The van der Waals surface area contributed by atoms with E-state index in [9.17, 15) is 9.59 Å². The van der Waals surface area contributed by atoms with Crippen LogP contribution in [-0.2, 0) is 14.3 Å². The van der Waals surface area contributed by atoms with Crippen molar-refractivity contribution in [2.75, 3.05) is 56.7 Å². The smallest absolute Gasteiger partial charge is 0.356 e. The van der Waals surface area contributed by atoms with Crippen LogP contribution in [0.15, 0.2) is 6.07 Å². The van der Waals surface area contributed by atoms with Gasteiger partial charge in [-0.25, -0.2) is 9.78 Å². The average Bonchev–Trinajstić information content (AvgIpc) is 2.63. The number of nitrogens with one attached hydrogen (secondary N) is 1. The van der Waals surface area contributed by atoms with E-state index in [0.29, 0.717) is 57.6 Å². The summed E-state index contributed by atoms with van der Waals surface area (Å²) in [5, 5.41) is 3.24. The normalized spacial score (nSPS) is 17.8. The molecule has 0 unspecified atom stereocenters. The van der Waals surface area contributed by atoms with Crippen molar-refractivity contribution in [3.63, 3.8) is 0 Å². The fourth-order valence-corrected chi connectivity index (χ4v) is 2.77. The van der Waals surface area contributed by atoms with Crippen LogP contribution in [0.5, 0.6) is 0 Å². The predicted molar refractivity (Wildman–Crippen MR) is 90.7 cm³/mol. The lowest BCUT2D eigenvalue weighted by Gasteiger charge is -2.35. The maximum atomic E-state index is 11.9. The molecule has 1 aromatic heterocycles. The quantitative estimate of drug-likeness (QED) is 0.750. The lowest BCUT2D eigenvalue weighted by Crippen LogP contribution is -2.49. The average molecular weight is 349 g/mol. The highest BCUT2D eigenvalue weighted by atomic mass is 16.5. The van der Waals surface area contributed by atoms with Gasteiger partial charge in [-0.3, -0.25) is 4.79 Å². The molecule has 3 heterocycles. The molecule has 1 aromatic rings. The Labute approximate surface area is 146 Å². The molecular formula is C16H23N5O4. The molecule has 2 saturated heterocycles. The first-order chi connectivity index (χ1) is 12.1. The van der Waals surface area contributed by atoms with Crippen molar-refractivity contribution in [3.8, 4) is 0 Å². The number of piperazine rings is 1. The van der Waals surface area contributed by atoms with Crippen LogP contribution in [0.3, 0.4) is 0 Å². The summed E-state index contributed by atoms with van der Waals surface area (Å²) in [7, 11) is 1.33. The van der Waals surface area contributed by atoms with Crippen molar-refractivity contribution >= 4 is 23.6 Å². The number of rotatable bonds is 5. The fraction of sp³-hybridized carbons (Fsp3) is 0.625. The standard InChI is InChI=1S/C16H23N5O4/c1-3-14(22)20-4-6-21(7-5-20)16-18-12(15(23)24-2)8-13(19-16)17-11-9-25-10-11/h8,11H,3-7,9-10H2,1-2H3,(H,17,18,19). The third-order valence-electron chi connectivity index (χ3n) is 4.32. The number of amides is 1. The Morgan fingerprint density at radius 2 is 2.00 bits per heavy atom. The van der Waals surface area contributed by atoms with Crippen LogP contribution in [0.2, 0.25) is 0 Å². The van der Waals surface area contributed by atoms with Gasteiger partial charge >= 0.3 is 5.97 Å². The predicted octanol–water partition coefficient (Wildman–Crippen LogP) is 0.133. The molecule has 0 saturated carbocycles. The summed E-state index contributed by atoms with van der Waals surface area (Å²) in [5.74, 6) is 0.688. The van der Waals surface area contributed by atoms with E-state index in [1.54, 1.807) is 6.07 Å². The van der Waals surface area contributed by atoms with Gasteiger partial charge in [-0.2, -0.15) is 4.98 Å². The van der Waals surface area contributed by atoms with Crippen LogP contribution in [0.25, 0.3) is 0 Å². The van der Waals surface area contributed by atoms with E-state index in [2.05, 4.69) is 15.3 Å². The second-order valence-electron chi connectivity index (χ2n) is 6.03. The Bertz CT molecular complexity index is 641. The van der Waals surface area contributed by atoms with Gasteiger partial charge in [-0.05, 0) is 0 Å². The van der Waals surface area contributed by atoms with Crippen LogP contribution in [0, 0.1) is 0 Å². The summed E-state index contributed by atoms with van der Waals surface area (Å²) in [4.78, 5) is 36.4. The van der Waals surface area contributed by atoms with Crippen molar-refractivity contribution in [2.45, 2.75) is 19.4 Å². The number of aromatic nitrogens is 2. The number of carbonyl (C=O) groups is 2. The van der Waals surface area contributed by atoms with Crippen LogP contribution in [-0.4, -0.2) is 79.3 Å². The number of hydrogen-bond donors (Lipinski definition) is 1. The molecule has 2 aliphatic heterocycles. The Balaban J connectivity index is 1.76. The van der Waals surface area contributed by atoms with Crippen LogP contribution in [0.1, 0.15) is 23.8 Å². The fourth-order valence-electron chi connectivity index (χ4n) is 2.77. The number of esters is 1. The van der Waals surface area contributed by atoms with E-state index in [1.807, 2.05) is 16.7 Å². The van der Waals surface area contributed by atoms with E-state index in [4.69, 9.17) is 9.47 Å². The first-order valence-electron chi connectivity index (χ1n) is 8.45. The molecule has 0 atom stereocenters. The molecule has 25 heavy (non-hydrogen) atoms. The summed E-state index contributed by atoms with van der Waals surface area (Å²) in [5.41, 5.74) is 0.210. The lowest BCUT2D eigenvalue weighted by atomic mass is 10.2. The summed E-state index contributed by atoms with van der Waals surface area (Å²) < 4.78 is 9.94. The van der Waals surface area contributed by atoms with Gasteiger partial charge in [0.25, 0.3) is 0 Å². The van der Waals surface area contributed by atoms with Crippen molar-refractivity contribution in [1.82, 2.24) is 14.9 Å². The number of hydrogen-bond acceptors (Lipinski definition) is 8. The minimum Gasteiger partial charge on any atom is -0.464 e. The van der Waals surface area contributed by atoms with E-state index < -0.39 is 5.97 Å². The molecule has 3 rings (SSSR count). The minimum atomic E-state index is -0.503. The third kappa shape index (κ3) is 3.98. The highest BCUT2D eigenvalue weighted by Crippen LogP contribution is 2.19. The second-order valence-corrected chi connectivity index (χ2v) is 6.03. The number of carbonyl (C=O) groups excluding carboxylic acids is 2. The molecule has 9 nitrogen and oxygen atoms in total. The van der Waals surface area contributed by atoms with Crippen molar-refractivity contribution in [1.29, 1.82) is 0 Å². The summed E-state index contributed by atoms with van der Waals surface area (Å²) in [6.07, 6.45) is 0.506. The Morgan fingerprint density at radius 1 is 1.28 bits per heavy atom. The Kier molecular flexibility index (Phi) is 5.32. The van der Waals surface area contributed by atoms with Crippen molar-refractivity contribution in [3.05, 3.63) is 11.8 Å². The van der Waals surface area contributed by atoms with Gasteiger partial charge in [0.15, 0.2) is 5.69 Å². The number of anilines is 2. The molecule has 0 aliphatic carbocycles. The van der Waals surface area contributed by atoms with Crippen LogP contribution < -0.4 is 10.2 Å². The topological polar surface area (TPSA) is 96.9 Å². The minimum absolute atomic E-state index is 0.149. The molecule has 2 fully saturated rings. The summed E-state index contributed by atoms with van der Waals surface area (Å²) in [6.45, 7) is 5.59. The Hall–Kier alpha value is -2.42. The molecule has 1 amide bonds. The second kappa shape index (κ2) is 7.64. The number of ether oxygens (including phenoxy) is 2. The van der Waals surface area contributed by atoms with Gasteiger partial charge in [-0.1, -0.05) is 6.92 Å². The van der Waals surface area contributed by atoms with Gasteiger partial charge in [-0.15, -0.1) is 0 Å². The Morgan fingerprint density at radius 3 is 2.56 bits per heavy atom. The molecule has 0 bridgehead atoms. The zero-order chi connectivity index (χ0) is 17.8. The molecule has 0 spiro atoms. The SMILES string of the molecule is CCC(=O)N1CCN(c2nc(NC3COC3)cc(C(=O)OC)n2)CC1. The zero-order valence-corrected chi connectivity index (χ0v) is 14.5. The third-order valence-corrected chi connectivity index (χ3v) is 4.32. The zero-order valence-electron chi connectivity index (χ0n) is 14.5. The maximum absolute atomic E-state index is 11.9. The van der Waals surface area contributed by atoms with E-state index in [1.165, 1.54) is 7.11 Å². The van der Waals surface area contributed by atoms with Crippen LogP contribution in [0.4, 0.5) is 11.8 Å². The monoisotopic (exact) mass is 349 g/mol. The first-order valence-corrected chi connectivity index (χ1v) is 8.45. The highest BCUT2D eigenvalue weighted by molar-refractivity contribution is 5.88. The highest BCUT2D eigenvalue weighted by Gasteiger charge is 2.25. The van der Waals surface area contributed by atoms with E-state index in [0.717, 1.165) is 0 Å². The summed E-state index contributed by atoms with van der Waals surface area (Å²) >= 11 is 0. The van der Waals surface area contributed by atoms with Gasteiger partial charge < -0.3 is 24.6 Å². The number of methoxy groups -OCH3 is 1. The summed E-state index contributed by atoms with van der Waals surface area (Å²) in [6, 6.07) is 1.78. The molecule has 0 aromatic carbocycles. The van der Waals surface area contributed by atoms with Crippen molar-refractivity contribution < 1.29 is 19.1 Å². The van der Waals surface area contributed by atoms with E-state index >= 15 is 0 Å². The lowest BCUT2D eigenvalue weighted by molar-refractivity contribution is -0.131. The molecular weight excluding hydrogens is 326 g/mol. The molecule has 0 radical (unpaired) electrons.